The molecule has 6 heteroatoms. The number of carbonyl (C=O) groups excluding carboxylic acids is 1. The lowest BCUT2D eigenvalue weighted by molar-refractivity contribution is -0.122. The van der Waals surface area contributed by atoms with Crippen molar-refractivity contribution >= 4 is 11.9 Å². The molecule has 0 saturated carbocycles. The van der Waals surface area contributed by atoms with Gasteiger partial charge in [0.2, 0.25) is 5.91 Å². The summed E-state index contributed by atoms with van der Waals surface area (Å²) in [5, 5.41) is 11.7. The van der Waals surface area contributed by atoms with Crippen LogP contribution in [-0.4, -0.2) is 24.1 Å². The van der Waals surface area contributed by atoms with E-state index < -0.39 is 5.97 Å². The fraction of sp³-hybridized carbons (Fsp3) is 0.294. The Labute approximate surface area is 134 Å². The number of ether oxygens (including phenoxy) is 1. The van der Waals surface area contributed by atoms with E-state index in [2.05, 4.69) is 5.32 Å². The molecule has 1 aromatic heterocycles. The number of furan rings is 1. The van der Waals surface area contributed by atoms with Crippen LogP contribution in [0.3, 0.4) is 0 Å². The highest BCUT2D eigenvalue weighted by atomic mass is 16.5. The van der Waals surface area contributed by atoms with E-state index in [1.54, 1.807) is 33.1 Å². The number of hydrogen-bond donors (Lipinski definition) is 2. The standard InChI is InChI=1S/C17H19NO5/c1-10(12-4-6-13(22-3)7-5-12)16(19)18-9-14-8-15(17(20)21)11(2)23-14/h4-8,10H,9H2,1-3H3,(H,18,19)(H,20,21). The van der Waals surface area contributed by atoms with Crippen molar-refractivity contribution in [2.24, 2.45) is 0 Å². The van der Waals surface area contributed by atoms with E-state index in [0.717, 1.165) is 11.3 Å². The van der Waals surface area contributed by atoms with Gasteiger partial charge >= 0.3 is 5.97 Å². The predicted molar refractivity (Wildman–Crippen MR) is 83.7 cm³/mol. The lowest BCUT2D eigenvalue weighted by atomic mass is 10.0. The Hall–Kier alpha value is -2.76. The van der Waals surface area contributed by atoms with Crippen molar-refractivity contribution in [2.75, 3.05) is 7.11 Å². The number of nitrogens with one attached hydrogen (secondary N) is 1. The van der Waals surface area contributed by atoms with Crippen molar-refractivity contribution in [1.29, 1.82) is 0 Å². The van der Waals surface area contributed by atoms with Crippen LogP contribution < -0.4 is 10.1 Å². The Morgan fingerprint density at radius 3 is 2.48 bits per heavy atom. The molecule has 2 rings (SSSR count). The van der Waals surface area contributed by atoms with Gasteiger partial charge in [0, 0.05) is 0 Å². The third kappa shape index (κ3) is 3.91. The molecule has 23 heavy (non-hydrogen) atoms. The van der Waals surface area contributed by atoms with Crippen LogP contribution in [0.5, 0.6) is 5.75 Å². The molecule has 2 N–H and O–H groups in total. The van der Waals surface area contributed by atoms with Crippen molar-refractivity contribution in [1.82, 2.24) is 5.32 Å². The zero-order chi connectivity index (χ0) is 17.0. The smallest absolute Gasteiger partial charge is 0.339 e. The molecular formula is C17H19NO5. The lowest BCUT2D eigenvalue weighted by Gasteiger charge is -2.12. The zero-order valence-corrected chi connectivity index (χ0v) is 13.3. The molecule has 1 unspecified atom stereocenters. The molecule has 122 valence electrons. The maximum Gasteiger partial charge on any atom is 0.339 e. The van der Waals surface area contributed by atoms with E-state index in [0.29, 0.717) is 11.5 Å². The Kier molecular flexibility index (Phi) is 5.05. The maximum absolute atomic E-state index is 12.2. The van der Waals surface area contributed by atoms with Crippen LogP contribution in [-0.2, 0) is 11.3 Å². The number of aryl methyl sites for hydroxylation is 1. The first-order chi connectivity index (χ1) is 10.9. The molecule has 0 fully saturated rings. The second kappa shape index (κ2) is 7.00. The molecule has 0 aliphatic rings. The van der Waals surface area contributed by atoms with Crippen LogP contribution >= 0.6 is 0 Å². The molecule has 0 aliphatic carbocycles. The molecule has 0 spiro atoms. The summed E-state index contributed by atoms with van der Waals surface area (Å²) in [4.78, 5) is 23.2. The third-order valence-electron chi connectivity index (χ3n) is 3.65. The minimum atomic E-state index is -1.05. The zero-order valence-electron chi connectivity index (χ0n) is 13.3. The van der Waals surface area contributed by atoms with Gasteiger partial charge < -0.3 is 19.6 Å². The van der Waals surface area contributed by atoms with Crippen molar-refractivity contribution in [3.8, 4) is 5.75 Å². The summed E-state index contributed by atoms with van der Waals surface area (Å²) >= 11 is 0. The van der Waals surface area contributed by atoms with E-state index in [1.165, 1.54) is 6.07 Å². The van der Waals surface area contributed by atoms with Gasteiger partial charge in [0.1, 0.15) is 22.8 Å². The van der Waals surface area contributed by atoms with E-state index in [4.69, 9.17) is 14.3 Å². The highest BCUT2D eigenvalue weighted by Crippen LogP contribution is 2.20. The number of methoxy groups -OCH3 is 1. The van der Waals surface area contributed by atoms with Crippen LogP contribution in [0.4, 0.5) is 0 Å². The second-order valence-electron chi connectivity index (χ2n) is 5.20. The molecule has 0 saturated heterocycles. The van der Waals surface area contributed by atoms with E-state index in [9.17, 15) is 9.59 Å². The predicted octanol–water partition coefficient (Wildman–Crippen LogP) is 2.71. The van der Waals surface area contributed by atoms with E-state index >= 15 is 0 Å². The van der Waals surface area contributed by atoms with Crippen LogP contribution in [0, 0.1) is 6.92 Å². The van der Waals surface area contributed by atoms with Crippen molar-refractivity contribution < 1.29 is 23.8 Å². The number of carboxylic acid groups (broad SMARTS) is 1. The second-order valence-corrected chi connectivity index (χ2v) is 5.20. The minimum Gasteiger partial charge on any atom is -0.497 e. The number of amides is 1. The molecule has 0 radical (unpaired) electrons. The van der Waals surface area contributed by atoms with Gasteiger partial charge in [-0.25, -0.2) is 4.79 Å². The number of hydrogen-bond acceptors (Lipinski definition) is 4. The lowest BCUT2D eigenvalue weighted by Crippen LogP contribution is -2.27. The number of benzene rings is 1. The SMILES string of the molecule is COc1ccc(C(C)C(=O)NCc2cc(C(=O)O)c(C)o2)cc1. The molecule has 0 aliphatic heterocycles. The third-order valence-corrected chi connectivity index (χ3v) is 3.65. The van der Waals surface area contributed by atoms with Crippen LogP contribution in [0.2, 0.25) is 0 Å². The molecular weight excluding hydrogens is 298 g/mol. The quantitative estimate of drug-likeness (QED) is 0.855. The normalized spacial score (nSPS) is 11.8. The number of aromatic carboxylic acids is 1. The Balaban J connectivity index is 1.98. The summed E-state index contributed by atoms with van der Waals surface area (Å²) in [7, 11) is 1.59. The Morgan fingerprint density at radius 1 is 1.30 bits per heavy atom. The molecule has 1 amide bonds. The highest BCUT2D eigenvalue weighted by molar-refractivity contribution is 5.89. The van der Waals surface area contributed by atoms with Gasteiger partial charge in [-0.15, -0.1) is 0 Å². The van der Waals surface area contributed by atoms with Crippen molar-refractivity contribution in [3.05, 3.63) is 53.0 Å². The molecule has 2 aromatic rings. The summed E-state index contributed by atoms with van der Waals surface area (Å²) in [5.74, 6) is -0.0822. The van der Waals surface area contributed by atoms with Gasteiger partial charge in [-0.3, -0.25) is 4.79 Å². The summed E-state index contributed by atoms with van der Waals surface area (Å²) in [6.07, 6.45) is 0. The van der Waals surface area contributed by atoms with Crippen LogP contribution in [0.15, 0.2) is 34.7 Å². The minimum absolute atomic E-state index is 0.109. The average Bonchev–Trinajstić information content (AvgIpc) is 2.93. The van der Waals surface area contributed by atoms with Gasteiger partial charge in [0.25, 0.3) is 0 Å². The molecule has 1 heterocycles. The Morgan fingerprint density at radius 2 is 1.96 bits per heavy atom. The Bertz CT molecular complexity index is 702. The fourth-order valence-corrected chi connectivity index (χ4v) is 2.21. The van der Waals surface area contributed by atoms with E-state index in [-0.39, 0.29) is 23.9 Å². The molecule has 0 bridgehead atoms. The first-order valence-corrected chi connectivity index (χ1v) is 7.16. The maximum atomic E-state index is 12.2. The largest absolute Gasteiger partial charge is 0.497 e. The van der Waals surface area contributed by atoms with Gasteiger partial charge in [0.15, 0.2) is 0 Å². The summed E-state index contributed by atoms with van der Waals surface area (Å²) in [6.45, 7) is 3.52. The molecule has 1 atom stereocenters. The number of rotatable bonds is 6. The highest BCUT2D eigenvalue weighted by Gasteiger charge is 2.17. The average molecular weight is 317 g/mol. The van der Waals surface area contributed by atoms with E-state index in [1.807, 2.05) is 12.1 Å². The summed E-state index contributed by atoms with van der Waals surface area (Å²) in [5.41, 5.74) is 0.975. The molecule has 6 nitrogen and oxygen atoms in total. The summed E-state index contributed by atoms with van der Waals surface area (Å²) < 4.78 is 10.4. The van der Waals surface area contributed by atoms with Crippen molar-refractivity contribution in [3.63, 3.8) is 0 Å². The number of carboxylic acids is 1. The summed E-state index contributed by atoms with van der Waals surface area (Å²) in [6, 6.07) is 8.70. The van der Waals surface area contributed by atoms with Gasteiger partial charge in [-0.05, 0) is 37.6 Å². The van der Waals surface area contributed by atoms with Gasteiger partial charge in [-0.1, -0.05) is 12.1 Å². The first-order valence-electron chi connectivity index (χ1n) is 7.16. The molecule has 1 aromatic carbocycles. The first kappa shape index (κ1) is 16.6. The van der Waals surface area contributed by atoms with Gasteiger partial charge in [-0.2, -0.15) is 0 Å². The van der Waals surface area contributed by atoms with Crippen LogP contribution in [0.1, 0.15) is 40.3 Å². The monoisotopic (exact) mass is 317 g/mol. The topological polar surface area (TPSA) is 88.8 Å². The number of carbonyl (C=O) groups is 2. The fourth-order valence-electron chi connectivity index (χ4n) is 2.21. The van der Waals surface area contributed by atoms with Crippen molar-refractivity contribution in [2.45, 2.75) is 26.3 Å². The van der Waals surface area contributed by atoms with Crippen LogP contribution in [0.25, 0.3) is 0 Å². The van der Waals surface area contributed by atoms with Gasteiger partial charge in [0.05, 0.1) is 19.6 Å².